The molecule has 55 valence electrons. The van der Waals surface area contributed by atoms with Crippen molar-refractivity contribution < 1.29 is 4.92 Å². The number of hydrogen-bond acceptors (Lipinski definition) is 3. The van der Waals surface area contributed by atoms with E-state index in [1.165, 1.54) is 24.3 Å². The molecule has 11 heavy (non-hydrogen) atoms. The van der Waals surface area contributed by atoms with Gasteiger partial charge in [0.25, 0.3) is 5.69 Å². The van der Waals surface area contributed by atoms with Gasteiger partial charge in [0, 0.05) is 12.1 Å². The normalized spacial score (nSPS) is 9.09. The van der Waals surface area contributed by atoms with E-state index in [9.17, 15) is 10.1 Å². The molecule has 5 nitrogen and oxygen atoms in total. The van der Waals surface area contributed by atoms with Gasteiger partial charge in [-0.1, -0.05) is 0 Å². The van der Waals surface area contributed by atoms with Crippen LogP contribution in [0.5, 0.6) is 0 Å². The number of benzene rings is 1. The van der Waals surface area contributed by atoms with Crippen molar-refractivity contribution in [1.29, 1.82) is 0 Å². The molecular weight excluding hydrogens is 146 g/mol. The highest BCUT2D eigenvalue weighted by atomic mass is 16.6. The van der Waals surface area contributed by atoms with Gasteiger partial charge < -0.3 is 0 Å². The molecule has 0 spiro atoms. The van der Waals surface area contributed by atoms with Crippen LogP contribution in [-0.2, 0) is 0 Å². The van der Waals surface area contributed by atoms with Gasteiger partial charge in [-0.3, -0.25) is 10.1 Å². The Bertz CT molecular complexity index is 280. The first-order valence-electron chi connectivity index (χ1n) is 2.83. The fourth-order valence-electron chi connectivity index (χ4n) is 0.641. The highest BCUT2D eigenvalue weighted by Crippen LogP contribution is 2.16. The van der Waals surface area contributed by atoms with E-state index in [0.717, 1.165) is 0 Å². The van der Waals surface area contributed by atoms with Crippen LogP contribution in [0.25, 0.3) is 0 Å². The topological polar surface area (TPSA) is 77.8 Å². The van der Waals surface area contributed by atoms with E-state index in [2.05, 4.69) is 5.11 Å². The van der Waals surface area contributed by atoms with E-state index in [4.69, 9.17) is 5.53 Å². The molecule has 0 amide bonds. The van der Waals surface area contributed by atoms with Crippen LogP contribution in [0.3, 0.4) is 0 Å². The predicted octanol–water partition coefficient (Wildman–Crippen LogP) is 1.48. The molecule has 1 rings (SSSR count). The lowest BCUT2D eigenvalue weighted by Gasteiger charge is -1.89. The number of rotatable bonds is 2. The molecule has 0 atom stereocenters. The zero-order valence-electron chi connectivity index (χ0n) is 5.47. The Morgan fingerprint density at radius 3 is 2.27 bits per heavy atom. The number of nitrogens with zero attached hydrogens (tertiary/aromatic N) is 3. The first kappa shape index (κ1) is 7.33. The van der Waals surface area contributed by atoms with Gasteiger partial charge in [-0.15, -0.1) is 5.11 Å². The number of hydrogen-bond donors (Lipinski definition) is 0. The second-order valence-corrected chi connectivity index (χ2v) is 1.87. The maximum atomic E-state index is 10.1. The summed E-state index contributed by atoms with van der Waals surface area (Å²) >= 11 is 0. The fraction of sp³-hybridized carbons (Fsp3) is 0. The maximum absolute atomic E-state index is 10.1. The van der Waals surface area contributed by atoms with Crippen molar-refractivity contribution in [3.05, 3.63) is 34.4 Å². The van der Waals surface area contributed by atoms with Crippen LogP contribution in [0.15, 0.2) is 29.4 Å². The first-order chi connectivity index (χ1) is 5.24. The Labute approximate surface area is 62.3 Å². The van der Waals surface area contributed by atoms with Crippen molar-refractivity contribution in [1.82, 2.24) is 5.53 Å². The van der Waals surface area contributed by atoms with Crippen molar-refractivity contribution in [3.8, 4) is 0 Å². The molecule has 1 aromatic rings. The van der Waals surface area contributed by atoms with Crippen molar-refractivity contribution in [2.24, 2.45) is 5.11 Å². The summed E-state index contributed by atoms with van der Waals surface area (Å²) in [6.45, 7) is 0. The van der Waals surface area contributed by atoms with Gasteiger partial charge in [-0.25, -0.2) is 0 Å². The number of nitro groups is 1. The summed E-state index contributed by atoms with van der Waals surface area (Å²) in [6, 6.07) is 5.26. The minimum atomic E-state index is -0.513. The second-order valence-electron chi connectivity index (χ2n) is 1.87. The van der Waals surface area contributed by atoms with Gasteiger partial charge in [0.1, 0.15) is 0 Å². The van der Waals surface area contributed by atoms with Gasteiger partial charge >= 0.3 is 0 Å². The average molecular weight is 150 g/mol. The van der Waals surface area contributed by atoms with E-state index in [1.807, 2.05) is 0 Å². The van der Waals surface area contributed by atoms with Gasteiger partial charge in [-0.2, -0.15) is 0 Å². The highest BCUT2D eigenvalue weighted by Gasteiger charge is 2.02. The minimum absolute atomic E-state index is 0.0163. The Morgan fingerprint density at radius 2 is 1.91 bits per heavy atom. The smallest absolute Gasteiger partial charge is 0.258 e. The van der Waals surface area contributed by atoms with Crippen LogP contribution >= 0.6 is 0 Å². The van der Waals surface area contributed by atoms with Crippen molar-refractivity contribution in [3.63, 3.8) is 0 Å². The van der Waals surface area contributed by atoms with E-state index in [1.54, 1.807) is 0 Å². The molecule has 0 fully saturated rings. The van der Waals surface area contributed by atoms with E-state index < -0.39 is 4.92 Å². The third kappa shape index (κ3) is 1.57. The molecule has 0 heterocycles. The Hall–Kier alpha value is -1.78. The van der Waals surface area contributed by atoms with Crippen LogP contribution in [-0.4, -0.2) is 4.92 Å². The highest BCUT2D eigenvalue weighted by molar-refractivity contribution is 5.43. The van der Waals surface area contributed by atoms with Gasteiger partial charge in [-0.05, 0) is 17.7 Å². The van der Waals surface area contributed by atoms with Crippen LogP contribution in [0.2, 0.25) is 0 Å². The summed E-state index contributed by atoms with van der Waals surface area (Å²) in [7, 11) is 0. The third-order valence-corrected chi connectivity index (χ3v) is 1.18. The minimum Gasteiger partial charge on any atom is -0.258 e. The summed E-state index contributed by atoms with van der Waals surface area (Å²) < 4.78 is 0. The average Bonchev–Trinajstić information content (AvgIpc) is 2.05. The molecule has 1 radical (unpaired) electrons. The van der Waals surface area contributed by atoms with Crippen LogP contribution in [0.4, 0.5) is 11.4 Å². The molecule has 0 saturated heterocycles. The number of non-ortho nitro benzene ring substituents is 1. The molecule has 0 aliphatic carbocycles. The molecule has 0 aliphatic heterocycles. The SMILES string of the molecule is [N]=Nc1ccc([N+](=O)[O-])cc1. The largest absolute Gasteiger partial charge is 0.269 e. The second kappa shape index (κ2) is 2.87. The Morgan fingerprint density at radius 1 is 1.36 bits per heavy atom. The molecule has 0 N–H and O–H groups in total. The quantitative estimate of drug-likeness (QED) is 0.363. The fourth-order valence-corrected chi connectivity index (χ4v) is 0.641. The lowest BCUT2D eigenvalue weighted by Crippen LogP contribution is -1.85. The molecule has 0 unspecified atom stereocenters. The predicted molar refractivity (Wildman–Crippen MR) is 37.3 cm³/mol. The lowest BCUT2D eigenvalue weighted by molar-refractivity contribution is -0.384. The van der Waals surface area contributed by atoms with E-state index >= 15 is 0 Å². The van der Waals surface area contributed by atoms with Gasteiger partial charge in [0.2, 0.25) is 0 Å². The summed E-state index contributed by atoms with van der Waals surface area (Å²) in [5.74, 6) is 0. The maximum Gasteiger partial charge on any atom is 0.269 e. The molecule has 0 aliphatic rings. The van der Waals surface area contributed by atoms with E-state index in [-0.39, 0.29) is 5.69 Å². The number of nitro benzene ring substituents is 1. The zero-order chi connectivity index (χ0) is 8.27. The van der Waals surface area contributed by atoms with E-state index in [0.29, 0.717) is 5.69 Å². The lowest BCUT2D eigenvalue weighted by atomic mass is 10.3. The summed E-state index contributed by atoms with van der Waals surface area (Å²) in [5.41, 5.74) is 8.51. The molecule has 5 heteroatoms. The zero-order valence-corrected chi connectivity index (χ0v) is 5.47. The standard InChI is InChI=1S/C6H4N3O2/c7-8-5-1-3-6(4-2-5)9(10)11/h1-4H. The summed E-state index contributed by atoms with van der Waals surface area (Å²) in [5, 5.41) is 13.0. The summed E-state index contributed by atoms with van der Waals surface area (Å²) in [6.07, 6.45) is 0. The first-order valence-corrected chi connectivity index (χ1v) is 2.83. The van der Waals surface area contributed by atoms with Crippen molar-refractivity contribution in [2.75, 3.05) is 0 Å². The molecule has 0 bridgehead atoms. The Balaban J connectivity index is 3.00. The molecular formula is C6H4N3O2. The summed E-state index contributed by atoms with van der Waals surface area (Å²) in [4.78, 5) is 9.60. The molecule has 0 aromatic heterocycles. The third-order valence-electron chi connectivity index (χ3n) is 1.18. The van der Waals surface area contributed by atoms with Crippen molar-refractivity contribution in [2.45, 2.75) is 0 Å². The molecule has 1 aromatic carbocycles. The Kier molecular flexibility index (Phi) is 1.91. The van der Waals surface area contributed by atoms with Crippen molar-refractivity contribution >= 4 is 11.4 Å². The van der Waals surface area contributed by atoms with Crippen LogP contribution < -0.4 is 5.53 Å². The van der Waals surface area contributed by atoms with Crippen LogP contribution in [0.1, 0.15) is 0 Å². The van der Waals surface area contributed by atoms with Crippen LogP contribution in [0, 0.1) is 10.1 Å². The van der Waals surface area contributed by atoms with Gasteiger partial charge in [0.05, 0.1) is 10.6 Å². The monoisotopic (exact) mass is 150 g/mol. The van der Waals surface area contributed by atoms with Gasteiger partial charge in [0.15, 0.2) is 0 Å². The molecule has 0 saturated carbocycles.